The third kappa shape index (κ3) is 4.23. The van der Waals surface area contributed by atoms with E-state index in [4.69, 9.17) is 10.2 Å². The van der Waals surface area contributed by atoms with Crippen LogP contribution in [0.25, 0.3) is 0 Å². The van der Waals surface area contributed by atoms with Gasteiger partial charge in [-0.3, -0.25) is 4.99 Å². The van der Waals surface area contributed by atoms with Crippen molar-refractivity contribution >= 4 is 6.21 Å². The molecule has 58 valence electrons. The quantitative estimate of drug-likeness (QED) is 0.451. The van der Waals surface area contributed by atoms with Crippen LogP contribution in [0.2, 0.25) is 0 Å². The minimum atomic E-state index is -1.30. The molecule has 0 aromatic heterocycles. The highest BCUT2D eigenvalue weighted by atomic mass is 16.5. The Balaban J connectivity index is 3.86. The number of hydrogen-bond donors (Lipinski definition) is 2. The Morgan fingerprint density at radius 2 is 2.10 bits per heavy atom. The van der Waals surface area contributed by atoms with Gasteiger partial charge in [-0.25, -0.2) is 0 Å². The first kappa shape index (κ1) is 9.33. The molecule has 0 atom stereocenters. The van der Waals surface area contributed by atoms with E-state index >= 15 is 0 Å². The largest absolute Gasteiger partial charge is 0.368 e. The molecule has 0 aliphatic carbocycles. The van der Waals surface area contributed by atoms with Gasteiger partial charge in [-0.05, 0) is 13.8 Å². The summed E-state index contributed by atoms with van der Waals surface area (Å²) in [4.78, 5) is 3.90. The fourth-order valence-electron chi connectivity index (χ4n) is 0.598. The third-order valence-corrected chi connectivity index (χ3v) is 1.02. The van der Waals surface area contributed by atoms with E-state index in [9.17, 15) is 0 Å². The Kier molecular flexibility index (Phi) is 4.80. The van der Waals surface area contributed by atoms with Gasteiger partial charge < -0.3 is 10.2 Å². The van der Waals surface area contributed by atoms with Crippen molar-refractivity contribution < 1.29 is 10.2 Å². The van der Waals surface area contributed by atoms with Crippen LogP contribution >= 0.6 is 0 Å². The molecule has 0 rings (SSSR count). The van der Waals surface area contributed by atoms with E-state index < -0.39 is 6.29 Å². The van der Waals surface area contributed by atoms with Crippen molar-refractivity contribution in [2.45, 2.75) is 26.6 Å². The molecule has 0 aliphatic heterocycles. The highest BCUT2D eigenvalue weighted by Crippen LogP contribution is 2.03. The van der Waals surface area contributed by atoms with Crippen molar-refractivity contribution in [2.24, 2.45) is 4.99 Å². The van der Waals surface area contributed by atoms with Crippen molar-refractivity contribution in [1.82, 2.24) is 0 Å². The zero-order valence-corrected chi connectivity index (χ0v) is 6.28. The van der Waals surface area contributed by atoms with Crippen LogP contribution in [0.4, 0.5) is 0 Å². The summed E-state index contributed by atoms with van der Waals surface area (Å²) in [5.74, 6) is 0. The van der Waals surface area contributed by atoms with E-state index in [2.05, 4.69) is 4.99 Å². The van der Waals surface area contributed by atoms with Crippen LogP contribution in [0.1, 0.15) is 20.3 Å². The van der Waals surface area contributed by atoms with Crippen molar-refractivity contribution in [1.29, 1.82) is 0 Å². The van der Waals surface area contributed by atoms with Gasteiger partial charge in [-0.1, -0.05) is 6.08 Å². The molecule has 3 nitrogen and oxygen atoms in total. The second-order valence-corrected chi connectivity index (χ2v) is 1.85. The number of aliphatic imine (C=N–C) groups is 1. The number of allylic oxidation sites excluding steroid dienone is 1. The number of aliphatic hydroxyl groups excluding tert-OH is 1. The minimum absolute atomic E-state index is 0.195. The second-order valence-electron chi connectivity index (χ2n) is 1.85. The predicted molar refractivity (Wildman–Crippen MR) is 40.8 cm³/mol. The van der Waals surface area contributed by atoms with Crippen LogP contribution in [0.15, 0.2) is 16.8 Å². The van der Waals surface area contributed by atoms with Gasteiger partial charge in [0, 0.05) is 18.3 Å². The summed E-state index contributed by atoms with van der Waals surface area (Å²) in [6.45, 7) is 3.60. The van der Waals surface area contributed by atoms with E-state index in [-0.39, 0.29) is 6.42 Å². The maximum absolute atomic E-state index is 8.52. The molecule has 0 saturated heterocycles. The first-order chi connectivity index (χ1) is 4.70. The molecule has 0 heterocycles. The minimum Gasteiger partial charge on any atom is -0.368 e. The number of hydrogen-bond acceptors (Lipinski definition) is 3. The summed E-state index contributed by atoms with van der Waals surface area (Å²) in [5, 5.41) is 17.0. The van der Waals surface area contributed by atoms with Gasteiger partial charge in [0.05, 0.1) is 0 Å². The van der Waals surface area contributed by atoms with Crippen LogP contribution in [0.3, 0.4) is 0 Å². The Morgan fingerprint density at radius 3 is 2.40 bits per heavy atom. The molecule has 0 bridgehead atoms. The average Bonchev–Trinajstić information content (AvgIpc) is 1.86. The predicted octanol–water partition coefficient (Wildman–Crippen LogP) is 0.682. The molecule has 0 amide bonds. The average molecular weight is 143 g/mol. The SMILES string of the molecule is CC=N/C(=C\C)CC(O)O. The first-order valence-electron chi connectivity index (χ1n) is 3.20. The standard InChI is InChI=1S/C7H13NO2/c1-3-6(8-4-2)5-7(9)10/h3-4,7,9-10H,5H2,1-2H3/b6-3-,8-4?. The molecular formula is C7H13NO2. The molecule has 0 aromatic rings. The lowest BCUT2D eigenvalue weighted by Gasteiger charge is -2.01. The van der Waals surface area contributed by atoms with E-state index in [1.807, 2.05) is 6.92 Å². The lowest BCUT2D eigenvalue weighted by Crippen LogP contribution is -2.04. The Morgan fingerprint density at radius 1 is 1.50 bits per heavy atom. The van der Waals surface area contributed by atoms with E-state index in [1.165, 1.54) is 0 Å². The molecule has 2 N–H and O–H groups in total. The van der Waals surface area contributed by atoms with E-state index in [0.717, 1.165) is 0 Å². The fraction of sp³-hybridized carbons (Fsp3) is 0.571. The van der Waals surface area contributed by atoms with Crippen LogP contribution < -0.4 is 0 Å². The molecule has 10 heavy (non-hydrogen) atoms. The maximum Gasteiger partial charge on any atom is 0.157 e. The first-order valence-corrected chi connectivity index (χ1v) is 3.20. The van der Waals surface area contributed by atoms with Gasteiger partial charge in [0.2, 0.25) is 0 Å². The van der Waals surface area contributed by atoms with Gasteiger partial charge in [-0.15, -0.1) is 0 Å². The zero-order chi connectivity index (χ0) is 7.98. The summed E-state index contributed by atoms with van der Waals surface area (Å²) >= 11 is 0. The topological polar surface area (TPSA) is 52.8 Å². The monoisotopic (exact) mass is 143 g/mol. The molecule has 0 fully saturated rings. The van der Waals surface area contributed by atoms with Crippen LogP contribution in [-0.4, -0.2) is 22.7 Å². The van der Waals surface area contributed by atoms with Crippen LogP contribution in [0.5, 0.6) is 0 Å². The summed E-state index contributed by atoms with van der Waals surface area (Å²) in [5.41, 5.74) is 0.692. The van der Waals surface area contributed by atoms with Gasteiger partial charge >= 0.3 is 0 Å². The normalized spacial score (nSPS) is 13.5. The lowest BCUT2D eigenvalue weighted by atomic mass is 10.3. The zero-order valence-electron chi connectivity index (χ0n) is 6.28. The van der Waals surface area contributed by atoms with Gasteiger partial charge in [0.1, 0.15) is 0 Å². The molecular weight excluding hydrogens is 130 g/mol. The molecule has 0 unspecified atom stereocenters. The second kappa shape index (κ2) is 5.14. The van der Waals surface area contributed by atoms with Crippen LogP contribution in [0, 0.1) is 0 Å². The van der Waals surface area contributed by atoms with E-state index in [1.54, 1.807) is 19.2 Å². The third-order valence-electron chi connectivity index (χ3n) is 1.02. The number of rotatable bonds is 3. The van der Waals surface area contributed by atoms with Crippen LogP contribution in [-0.2, 0) is 0 Å². The maximum atomic E-state index is 8.52. The smallest absolute Gasteiger partial charge is 0.157 e. The van der Waals surface area contributed by atoms with E-state index in [0.29, 0.717) is 5.70 Å². The van der Waals surface area contributed by atoms with Crippen molar-refractivity contribution in [3.05, 3.63) is 11.8 Å². The van der Waals surface area contributed by atoms with Gasteiger partial charge in [0.15, 0.2) is 6.29 Å². The molecule has 0 aromatic carbocycles. The molecule has 0 aliphatic rings. The highest BCUT2D eigenvalue weighted by Gasteiger charge is 1.99. The Hall–Kier alpha value is -0.670. The summed E-state index contributed by atoms with van der Waals surface area (Å²) in [7, 11) is 0. The van der Waals surface area contributed by atoms with Gasteiger partial charge in [-0.2, -0.15) is 0 Å². The summed E-state index contributed by atoms with van der Waals surface area (Å²) in [6, 6.07) is 0. The fourth-order valence-corrected chi connectivity index (χ4v) is 0.598. The van der Waals surface area contributed by atoms with Crippen molar-refractivity contribution in [2.75, 3.05) is 0 Å². The highest BCUT2D eigenvalue weighted by molar-refractivity contribution is 5.55. The molecule has 0 saturated carbocycles. The number of aliphatic hydroxyl groups is 2. The van der Waals surface area contributed by atoms with Crippen molar-refractivity contribution in [3.63, 3.8) is 0 Å². The summed E-state index contributed by atoms with van der Waals surface area (Å²) in [6.07, 6.45) is 2.27. The molecule has 0 spiro atoms. The summed E-state index contributed by atoms with van der Waals surface area (Å²) < 4.78 is 0. The Labute approximate surface area is 60.7 Å². The van der Waals surface area contributed by atoms with Crippen molar-refractivity contribution in [3.8, 4) is 0 Å². The Bertz CT molecular complexity index is 139. The number of nitrogens with zero attached hydrogens (tertiary/aromatic N) is 1. The molecule has 0 radical (unpaired) electrons. The lowest BCUT2D eigenvalue weighted by molar-refractivity contribution is -0.0382. The molecule has 3 heteroatoms. The van der Waals surface area contributed by atoms with Gasteiger partial charge in [0.25, 0.3) is 0 Å².